The molecule has 0 spiro atoms. The van der Waals surface area contributed by atoms with E-state index in [1.54, 1.807) is 0 Å². The molecule has 2 rings (SSSR count). The van der Waals surface area contributed by atoms with E-state index in [1.807, 2.05) is 24.3 Å². The van der Waals surface area contributed by atoms with Gasteiger partial charge in [-0.1, -0.05) is 30.3 Å². The van der Waals surface area contributed by atoms with Crippen molar-refractivity contribution in [2.45, 2.75) is 18.9 Å². The first-order chi connectivity index (χ1) is 6.23. The van der Waals surface area contributed by atoms with Gasteiger partial charge in [0.1, 0.15) is 0 Å². The van der Waals surface area contributed by atoms with E-state index in [0.29, 0.717) is 0 Å². The molecule has 1 heterocycles. The Kier molecular flexibility index (Phi) is 1.83. The summed E-state index contributed by atoms with van der Waals surface area (Å²) in [5.74, 6) is 0. The summed E-state index contributed by atoms with van der Waals surface area (Å²) in [4.78, 5) is 0. The Balaban J connectivity index is 2.36. The molecule has 68 valence electrons. The first kappa shape index (κ1) is 8.30. The second kappa shape index (κ2) is 2.87. The van der Waals surface area contributed by atoms with Crippen LogP contribution in [0.15, 0.2) is 35.4 Å². The summed E-state index contributed by atoms with van der Waals surface area (Å²) in [6.45, 7) is 2.22. The summed E-state index contributed by atoms with van der Waals surface area (Å²) >= 11 is 0. The van der Waals surface area contributed by atoms with Gasteiger partial charge in [-0.2, -0.15) is 5.10 Å². The van der Waals surface area contributed by atoms with Gasteiger partial charge in [0.15, 0.2) is 0 Å². The van der Waals surface area contributed by atoms with Crippen molar-refractivity contribution in [2.24, 2.45) is 5.10 Å². The smallest absolute Gasteiger partial charge is 0.0845 e. The normalized spacial score (nSPS) is 26.8. The zero-order valence-electron chi connectivity index (χ0n) is 8.07. The molecule has 0 fully saturated rings. The molecule has 1 aromatic rings. The molecule has 0 aromatic heterocycles. The molecule has 2 heteroatoms. The summed E-state index contributed by atoms with van der Waals surface area (Å²) in [6.07, 6.45) is 2.97. The third-order valence-electron chi connectivity index (χ3n) is 2.85. The van der Waals surface area contributed by atoms with Crippen LogP contribution in [0.25, 0.3) is 0 Å². The highest BCUT2D eigenvalue weighted by atomic mass is 15.5. The van der Waals surface area contributed by atoms with E-state index in [2.05, 4.69) is 36.3 Å². The van der Waals surface area contributed by atoms with Crippen LogP contribution in [0.4, 0.5) is 0 Å². The molecule has 0 saturated carbocycles. The van der Waals surface area contributed by atoms with Gasteiger partial charge in [0.05, 0.1) is 5.54 Å². The predicted octanol–water partition coefficient (Wildman–Crippen LogP) is 2.22. The Labute approximate surface area is 78.9 Å². The van der Waals surface area contributed by atoms with Crippen LogP contribution >= 0.6 is 0 Å². The molecule has 0 aliphatic carbocycles. The number of hydrogen-bond donors (Lipinski definition) is 0. The van der Waals surface area contributed by atoms with Gasteiger partial charge < -0.3 is 0 Å². The van der Waals surface area contributed by atoms with Crippen LogP contribution in [-0.2, 0) is 5.54 Å². The lowest BCUT2D eigenvalue weighted by Crippen LogP contribution is -2.33. The van der Waals surface area contributed by atoms with Crippen LogP contribution in [0.5, 0.6) is 0 Å². The van der Waals surface area contributed by atoms with Gasteiger partial charge in [0, 0.05) is 19.7 Å². The first-order valence-electron chi connectivity index (χ1n) is 4.55. The molecule has 1 atom stereocenters. The van der Waals surface area contributed by atoms with Crippen molar-refractivity contribution in [2.75, 3.05) is 7.05 Å². The summed E-state index contributed by atoms with van der Waals surface area (Å²) in [6, 6.07) is 10.5. The minimum Gasteiger partial charge on any atom is -0.290 e. The van der Waals surface area contributed by atoms with Crippen molar-refractivity contribution >= 4 is 6.21 Å². The highest BCUT2D eigenvalue weighted by molar-refractivity contribution is 5.62. The Bertz CT molecular complexity index is 318. The Morgan fingerprint density at radius 1 is 1.31 bits per heavy atom. The van der Waals surface area contributed by atoms with Crippen molar-refractivity contribution < 1.29 is 0 Å². The molecule has 2 nitrogen and oxygen atoms in total. The zero-order valence-corrected chi connectivity index (χ0v) is 8.07. The highest BCUT2D eigenvalue weighted by Crippen LogP contribution is 2.33. The van der Waals surface area contributed by atoms with Crippen molar-refractivity contribution in [3.8, 4) is 0 Å². The van der Waals surface area contributed by atoms with Crippen LogP contribution in [-0.4, -0.2) is 18.3 Å². The number of hydrazone groups is 1. The number of rotatable bonds is 1. The molecule has 0 N–H and O–H groups in total. The molecule has 1 aliphatic heterocycles. The minimum absolute atomic E-state index is 0.0568. The monoisotopic (exact) mass is 174 g/mol. The molecular weight excluding hydrogens is 160 g/mol. The summed E-state index contributed by atoms with van der Waals surface area (Å²) in [5.41, 5.74) is 1.39. The topological polar surface area (TPSA) is 15.6 Å². The maximum Gasteiger partial charge on any atom is 0.0845 e. The lowest BCUT2D eigenvalue weighted by atomic mass is 9.90. The quantitative estimate of drug-likeness (QED) is 0.637. The van der Waals surface area contributed by atoms with Gasteiger partial charge in [-0.15, -0.1) is 0 Å². The average molecular weight is 174 g/mol. The minimum atomic E-state index is 0.0568. The Hall–Kier alpha value is -1.31. The largest absolute Gasteiger partial charge is 0.290 e. The predicted molar refractivity (Wildman–Crippen MR) is 54.7 cm³/mol. The van der Waals surface area contributed by atoms with Crippen molar-refractivity contribution in [3.63, 3.8) is 0 Å². The van der Waals surface area contributed by atoms with E-state index < -0.39 is 0 Å². The molecule has 0 radical (unpaired) electrons. The molecule has 1 unspecified atom stereocenters. The standard InChI is InChI=1S/C11H14N2/c1-11(8-9-12-13(11)2)10-6-4-3-5-7-10/h3-7,9H,8H2,1-2H3. The fourth-order valence-electron chi connectivity index (χ4n) is 1.70. The number of nitrogens with zero attached hydrogens (tertiary/aromatic N) is 2. The van der Waals surface area contributed by atoms with Gasteiger partial charge in [0.25, 0.3) is 0 Å². The number of benzene rings is 1. The molecule has 0 bridgehead atoms. The van der Waals surface area contributed by atoms with Crippen LogP contribution in [0, 0.1) is 0 Å². The van der Waals surface area contributed by atoms with E-state index in [-0.39, 0.29) is 5.54 Å². The van der Waals surface area contributed by atoms with E-state index in [4.69, 9.17) is 0 Å². The first-order valence-corrected chi connectivity index (χ1v) is 4.55. The fourth-order valence-corrected chi connectivity index (χ4v) is 1.70. The van der Waals surface area contributed by atoms with Crippen LogP contribution < -0.4 is 0 Å². The second-order valence-corrected chi connectivity index (χ2v) is 3.67. The summed E-state index contributed by atoms with van der Waals surface area (Å²) in [7, 11) is 2.02. The van der Waals surface area contributed by atoms with Gasteiger partial charge in [0.2, 0.25) is 0 Å². The van der Waals surface area contributed by atoms with Crippen molar-refractivity contribution in [1.29, 1.82) is 0 Å². The Morgan fingerprint density at radius 2 is 2.00 bits per heavy atom. The van der Waals surface area contributed by atoms with Crippen LogP contribution in [0.3, 0.4) is 0 Å². The SMILES string of the molecule is CN1N=CCC1(C)c1ccccc1. The van der Waals surface area contributed by atoms with E-state index >= 15 is 0 Å². The van der Waals surface area contributed by atoms with Crippen molar-refractivity contribution in [3.05, 3.63) is 35.9 Å². The third kappa shape index (κ3) is 1.22. The lowest BCUT2D eigenvalue weighted by Gasteiger charge is -2.31. The Morgan fingerprint density at radius 3 is 2.54 bits per heavy atom. The number of hydrogen-bond acceptors (Lipinski definition) is 2. The van der Waals surface area contributed by atoms with E-state index in [0.717, 1.165) is 6.42 Å². The molecule has 13 heavy (non-hydrogen) atoms. The maximum atomic E-state index is 4.27. The average Bonchev–Trinajstić information content (AvgIpc) is 2.50. The van der Waals surface area contributed by atoms with Crippen LogP contribution in [0.1, 0.15) is 18.9 Å². The maximum absolute atomic E-state index is 4.27. The van der Waals surface area contributed by atoms with E-state index in [9.17, 15) is 0 Å². The van der Waals surface area contributed by atoms with Crippen molar-refractivity contribution in [1.82, 2.24) is 5.01 Å². The van der Waals surface area contributed by atoms with Gasteiger partial charge >= 0.3 is 0 Å². The fraction of sp³-hybridized carbons (Fsp3) is 0.364. The molecular formula is C11H14N2. The zero-order chi connectivity index (χ0) is 9.31. The molecule has 1 aliphatic rings. The van der Waals surface area contributed by atoms with Crippen LogP contribution in [0.2, 0.25) is 0 Å². The highest BCUT2D eigenvalue weighted by Gasteiger charge is 2.33. The molecule has 1 aromatic carbocycles. The van der Waals surface area contributed by atoms with Gasteiger partial charge in [-0.25, -0.2) is 0 Å². The molecule has 0 saturated heterocycles. The lowest BCUT2D eigenvalue weighted by molar-refractivity contribution is 0.174. The third-order valence-corrected chi connectivity index (χ3v) is 2.85. The van der Waals surface area contributed by atoms with Gasteiger partial charge in [-0.3, -0.25) is 5.01 Å². The summed E-state index contributed by atoms with van der Waals surface area (Å²) in [5, 5.41) is 6.30. The summed E-state index contributed by atoms with van der Waals surface area (Å²) < 4.78 is 0. The second-order valence-electron chi connectivity index (χ2n) is 3.67. The van der Waals surface area contributed by atoms with Gasteiger partial charge in [-0.05, 0) is 12.5 Å². The molecule has 0 amide bonds. The van der Waals surface area contributed by atoms with E-state index in [1.165, 1.54) is 5.56 Å².